The van der Waals surface area contributed by atoms with Crippen molar-refractivity contribution in [3.63, 3.8) is 0 Å². The van der Waals surface area contributed by atoms with E-state index in [1.807, 2.05) is 36.4 Å². The molecule has 0 unspecified atom stereocenters. The van der Waals surface area contributed by atoms with Crippen LogP contribution in [0.25, 0.3) is 27.8 Å². The van der Waals surface area contributed by atoms with Crippen molar-refractivity contribution in [3.8, 4) is 11.1 Å². The fourth-order valence-electron chi connectivity index (χ4n) is 3.06. The van der Waals surface area contributed by atoms with Gasteiger partial charge in [-0.15, -0.1) is 10.2 Å². The fourth-order valence-corrected chi connectivity index (χ4v) is 3.28. The van der Waals surface area contributed by atoms with Crippen molar-refractivity contribution < 1.29 is 0 Å². The van der Waals surface area contributed by atoms with E-state index in [4.69, 9.17) is 5.10 Å². The number of hydrogen-bond acceptors (Lipinski definition) is 5. The van der Waals surface area contributed by atoms with Gasteiger partial charge in [-0.2, -0.15) is 17.7 Å². The van der Waals surface area contributed by atoms with Gasteiger partial charge in [-0.05, 0) is 18.1 Å². The highest BCUT2D eigenvalue weighted by molar-refractivity contribution is 7.80. The van der Waals surface area contributed by atoms with Crippen LogP contribution in [0.4, 0.5) is 0 Å². The summed E-state index contributed by atoms with van der Waals surface area (Å²) >= 11 is 4.19. The smallest absolute Gasteiger partial charge is 0.280 e. The molecule has 6 nitrogen and oxygen atoms in total. The molecular formula is C18H17N5OS. The Kier molecular flexibility index (Phi) is 4.01. The molecule has 0 atom stereocenters. The second-order valence-electron chi connectivity index (χ2n) is 5.75. The van der Waals surface area contributed by atoms with Crippen LogP contribution in [0.15, 0.2) is 47.4 Å². The first-order valence-corrected chi connectivity index (χ1v) is 8.81. The minimum atomic E-state index is -0.171. The Balaban J connectivity index is 2.05. The van der Waals surface area contributed by atoms with Gasteiger partial charge in [-0.1, -0.05) is 37.3 Å². The van der Waals surface area contributed by atoms with E-state index in [1.54, 1.807) is 15.3 Å². The Bertz CT molecular complexity index is 1120. The molecule has 3 heterocycles. The largest absolute Gasteiger partial charge is 0.313 e. The van der Waals surface area contributed by atoms with Gasteiger partial charge in [-0.3, -0.25) is 4.79 Å². The summed E-state index contributed by atoms with van der Waals surface area (Å²) in [4.78, 5) is 12.6. The van der Waals surface area contributed by atoms with Crippen LogP contribution >= 0.6 is 12.6 Å². The number of thiol groups is 1. The molecule has 25 heavy (non-hydrogen) atoms. The lowest BCUT2D eigenvalue weighted by Crippen LogP contribution is -2.22. The lowest BCUT2D eigenvalue weighted by Gasteiger charge is -2.05. The lowest BCUT2D eigenvalue weighted by molar-refractivity contribution is 0.738. The van der Waals surface area contributed by atoms with Gasteiger partial charge in [0, 0.05) is 18.5 Å². The van der Waals surface area contributed by atoms with Gasteiger partial charge < -0.3 is 4.57 Å². The molecule has 4 aromatic rings. The standard InChI is InChI=1S/C18H17N5OS/c1-2-13-15(12-6-4-3-5-7-12)17-20-19-16-14(23(17)21-13)8-9-22(10-11-25)18(16)24/h3-9,25H,2,10-11H2,1H3. The summed E-state index contributed by atoms with van der Waals surface area (Å²) in [5.41, 5.74) is 4.44. The highest BCUT2D eigenvalue weighted by Gasteiger charge is 2.18. The van der Waals surface area contributed by atoms with Gasteiger partial charge in [0.25, 0.3) is 5.56 Å². The maximum absolute atomic E-state index is 12.6. The number of aryl methyl sites for hydroxylation is 2. The van der Waals surface area contributed by atoms with Crippen LogP contribution < -0.4 is 5.56 Å². The van der Waals surface area contributed by atoms with Crippen molar-refractivity contribution in [2.24, 2.45) is 0 Å². The van der Waals surface area contributed by atoms with Crippen molar-refractivity contribution in [1.82, 2.24) is 24.4 Å². The van der Waals surface area contributed by atoms with Gasteiger partial charge in [0.1, 0.15) is 5.52 Å². The second-order valence-corrected chi connectivity index (χ2v) is 6.20. The third-order valence-electron chi connectivity index (χ3n) is 4.26. The third kappa shape index (κ3) is 2.51. The summed E-state index contributed by atoms with van der Waals surface area (Å²) in [5.74, 6) is 0.584. The molecule has 0 spiro atoms. The Morgan fingerprint density at radius 2 is 1.92 bits per heavy atom. The second kappa shape index (κ2) is 6.33. The van der Waals surface area contributed by atoms with E-state index in [0.717, 1.165) is 23.2 Å². The van der Waals surface area contributed by atoms with Crippen LogP contribution in [0.3, 0.4) is 0 Å². The molecule has 3 aromatic heterocycles. The quantitative estimate of drug-likeness (QED) is 0.574. The minimum Gasteiger partial charge on any atom is -0.313 e. The maximum Gasteiger partial charge on any atom is 0.280 e. The molecule has 0 amide bonds. The molecule has 0 aliphatic rings. The van der Waals surface area contributed by atoms with Crippen molar-refractivity contribution in [2.75, 3.05) is 5.75 Å². The zero-order valence-corrected chi connectivity index (χ0v) is 14.6. The number of nitrogens with zero attached hydrogens (tertiary/aromatic N) is 5. The summed E-state index contributed by atoms with van der Waals surface area (Å²) in [7, 11) is 0. The molecule has 0 saturated heterocycles. The average molecular weight is 351 g/mol. The van der Waals surface area contributed by atoms with Gasteiger partial charge in [0.2, 0.25) is 0 Å². The summed E-state index contributed by atoms with van der Waals surface area (Å²) < 4.78 is 3.33. The van der Waals surface area contributed by atoms with E-state index in [9.17, 15) is 4.79 Å². The fraction of sp³-hybridized carbons (Fsp3) is 0.222. The zero-order valence-electron chi connectivity index (χ0n) is 13.8. The van der Waals surface area contributed by atoms with E-state index in [2.05, 4.69) is 29.7 Å². The zero-order chi connectivity index (χ0) is 17.4. The van der Waals surface area contributed by atoms with Gasteiger partial charge in [-0.25, -0.2) is 4.52 Å². The van der Waals surface area contributed by atoms with Crippen LogP contribution in [0, 0.1) is 0 Å². The lowest BCUT2D eigenvalue weighted by atomic mass is 10.0. The van der Waals surface area contributed by atoms with Crippen LogP contribution in [0.1, 0.15) is 12.6 Å². The van der Waals surface area contributed by atoms with Crippen molar-refractivity contribution >= 4 is 29.3 Å². The molecule has 0 saturated carbocycles. The number of benzene rings is 1. The summed E-state index contributed by atoms with van der Waals surface area (Å²) in [6.07, 6.45) is 2.53. The van der Waals surface area contributed by atoms with Crippen LogP contribution in [0.5, 0.6) is 0 Å². The number of pyridine rings is 1. The molecule has 0 radical (unpaired) electrons. The van der Waals surface area contributed by atoms with Crippen LogP contribution in [-0.4, -0.2) is 30.1 Å². The first-order chi connectivity index (χ1) is 12.2. The Morgan fingerprint density at radius 3 is 2.64 bits per heavy atom. The summed E-state index contributed by atoms with van der Waals surface area (Å²) in [6, 6.07) is 11.9. The molecule has 0 bridgehead atoms. The Hall–Kier alpha value is -2.67. The first kappa shape index (κ1) is 15.8. The SMILES string of the molecule is CCc1nn2c(nnc3c(=O)n(CCS)ccc32)c1-c1ccccc1. The molecule has 0 aliphatic heterocycles. The predicted molar refractivity (Wildman–Crippen MR) is 101 cm³/mol. The predicted octanol–water partition coefficient (Wildman–Crippen LogP) is 2.60. The topological polar surface area (TPSA) is 65.1 Å². The number of hydrogen-bond donors (Lipinski definition) is 1. The molecule has 0 N–H and O–H groups in total. The summed E-state index contributed by atoms with van der Waals surface area (Å²) in [6.45, 7) is 2.59. The van der Waals surface area contributed by atoms with Crippen molar-refractivity contribution in [1.29, 1.82) is 0 Å². The van der Waals surface area contributed by atoms with Crippen LogP contribution in [0.2, 0.25) is 0 Å². The normalized spacial score (nSPS) is 11.4. The minimum absolute atomic E-state index is 0.171. The maximum atomic E-state index is 12.6. The summed E-state index contributed by atoms with van der Waals surface area (Å²) in [5, 5.41) is 13.3. The number of rotatable bonds is 4. The highest BCUT2D eigenvalue weighted by Crippen LogP contribution is 2.28. The van der Waals surface area contributed by atoms with Crippen LogP contribution in [-0.2, 0) is 13.0 Å². The molecule has 0 fully saturated rings. The van der Waals surface area contributed by atoms with E-state index in [-0.39, 0.29) is 5.56 Å². The molecule has 7 heteroatoms. The highest BCUT2D eigenvalue weighted by atomic mass is 32.1. The number of aromatic nitrogens is 5. The van der Waals surface area contributed by atoms with Gasteiger partial charge >= 0.3 is 0 Å². The Labute approximate surface area is 149 Å². The van der Waals surface area contributed by atoms with E-state index in [0.29, 0.717) is 29.0 Å². The van der Waals surface area contributed by atoms with Gasteiger partial charge in [0.05, 0.1) is 11.3 Å². The third-order valence-corrected chi connectivity index (χ3v) is 4.46. The monoisotopic (exact) mass is 351 g/mol. The van der Waals surface area contributed by atoms with E-state index < -0.39 is 0 Å². The Morgan fingerprint density at radius 1 is 1.12 bits per heavy atom. The number of fused-ring (bicyclic) bond motifs is 3. The average Bonchev–Trinajstić information content (AvgIpc) is 3.03. The molecule has 126 valence electrons. The molecule has 1 aromatic carbocycles. The molecular weight excluding hydrogens is 334 g/mol. The molecule has 0 aliphatic carbocycles. The van der Waals surface area contributed by atoms with Gasteiger partial charge in [0.15, 0.2) is 11.2 Å². The first-order valence-electron chi connectivity index (χ1n) is 8.18. The molecule has 4 rings (SSSR count). The van der Waals surface area contributed by atoms with Crippen molar-refractivity contribution in [2.45, 2.75) is 19.9 Å². The van der Waals surface area contributed by atoms with Crippen molar-refractivity contribution in [3.05, 3.63) is 58.6 Å². The van der Waals surface area contributed by atoms with E-state index in [1.165, 1.54) is 0 Å². The van der Waals surface area contributed by atoms with E-state index >= 15 is 0 Å².